The zero-order valence-electron chi connectivity index (χ0n) is 18.4. The molecule has 0 radical (unpaired) electrons. The average molecular weight is 458 g/mol. The average Bonchev–Trinajstić information content (AvgIpc) is 3.30. The minimum atomic E-state index is -0.254. The highest BCUT2D eigenvalue weighted by atomic mass is 32.1. The van der Waals surface area contributed by atoms with E-state index in [1.54, 1.807) is 30.7 Å². The third-order valence-electron chi connectivity index (χ3n) is 6.16. The van der Waals surface area contributed by atoms with E-state index >= 15 is 0 Å². The first-order valence-corrected chi connectivity index (χ1v) is 11.3. The Morgan fingerprint density at radius 3 is 2.55 bits per heavy atom. The molecule has 1 N–H and O–H groups in total. The van der Waals surface area contributed by atoms with Crippen LogP contribution in [0.3, 0.4) is 0 Å². The third kappa shape index (κ3) is 4.00. The number of thiocarbonyl (C=S) groups is 1. The first-order valence-electron chi connectivity index (χ1n) is 10.8. The molecule has 2 unspecified atom stereocenters. The van der Waals surface area contributed by atoms with Crippen LogP contribution in [0.25, 0.3) is 5.69 Å². The van der Waals surface area contributed by atoms with Crippen LogP contribution in [0.1, 0.15) is 40.3 Å². The summed E-state index contributed by atoms with van der Waals surface area (Å²) in [6.07, 6.45) is 5.39. The number of aryl methyl sites for hydroxylation is 1. The van der Waals surface area contributed by atoms with Crippen molar-refractivity contribution in [2.45, 2.75) is 32.5 Å². The molecule has 0 aliphatic carbocycles. The number of benzene rings is 1. The van der Waals surface area contributed by atoms with Crippen LogP contribution in [0.15, 0.2) is 79.3 Å². The largest absolute Gasteiger partial charge is 0.352 e. The van der Waals surface area contributed by atoms with E-state index in [2.05, 4.69) is 37.7 Å². The maximum atomic E-state index is 14.0. The summed E-state index contributed by atoms with van der Waals surface area (Å²) in [5.41, 5.74) is 6.08. The van der Waals surface area contributed by atoms with E-state index in [0.29, 0.717) is 11.7 Å². The molecule has 0 bridgehead atoms. The number of pyridine rings is 2. The quantitative estimate of drug-likeness (QED) is 0.418. The summed E-state index contributed by atoms with van der Waals surface area (Å²) in [4.78, 5) is 11.0. The van der Waals surface area contributed by atoms with Gasteiger partial charge in [-0.2, -0.15) is 0 Å². The lowest BCUT2D eigenvalue weighted by molar-refractivity contribution is 0.310. The van der Waals surface area contributed by atoms with Crippen molar-refractivity contribution < 1.29 is 4.39 Å². The maximum absolute atomic E-state index is 14.0. The fourth-order valence-electron chi connectivity index (χ4n) is 4.70. The van der Waals surface area contributed by atoms with Crippen LogP contribution in [0.5, 0.6) is 0 Å². The lowest BCUT2D eigenvalue weighted by Gasteiger charge is -2.28. The van der Waals surface area contributed by atoms with Gasteiger partial charge in [0.25, 0.3) is 0 Å². The van der Waals surface area contributed by atoms with Gasteiger partial charge in [0.2, 0.25) is 0 Å². The van der Waals surface area contributed by atoms with Crippen molar-refractivity contribution in [2.24, 2.45) is 0 Å². The molecule has 1 fully saturated rings. The van der Waals surface area contributed by atoms with E-state index in [1.807, 2.05) is 43.3 Å². The predicted octanol–water partition coefficient (Wildman–Crippen LogP) is 5.20. The Bertz CT molecular complexity index is 1290. The van der Waals surface area contributed by atoms with Gasteiger partial charge in [-0.15, -0.1) is 0 Å². The third-order valence-corrected chi connectivity index (χ3v) is 6.51. The van der Waals surface area contributed by atoms with Crippen molar-refractivity contribution in [3.05, 3.63) is 113 Å². The summed E-state index contributed by atoms with van der Waals surface area (Å²) in [6, 6.07) is 18.6. The van der Waals surface area contributed by atoms with Crippen LogP contribution in [-0.2, 0) is 6.54 Å². The van der Waals surface area contributed by atoms with E-state index in [4.69, 9.17) is 12.2 Å². The monoisotopic (exact) mass is 457 g/mol. The minimum absolute atomic E-state index is 0.0749. The molecule has 1 aliphatic rings. The number of halogens is 1. The van der Waals surface area contributed by atoms with Gasteiger partial charge in [-0.25, -0.2) is 4.39 Å². The van der Waals surface area contributed by atoms with Crippen molar-refractivity contribution in [3.63, 3.8) is 0 Å². The van der Waals surface area contributed by atoms with Gasteiger partial charge in [-0.05, 0) is 85.7 Å². The number of nitrogens with zero attached hydrogens (tertiary/aromatic N) is 4. The molecule has 3 aromatic heterocycles. The molecule has 4 aromatic rings. The first-order chi connectivity index (χ1) is 16.0. The number of aromatic nitrogens is 3. The highest BCUT2D eigenvalue weighted by molar-refractivity contribution is 7.80. The summed E-state index contributed by atoms with van der Waals surface area (Å²) in [5.74, 6) is -0.254. The van der Waals surface area contributed by atoms with Gasteiger partial charge in [0.15, 0.2) is 5.11 Å². The van der Waals surface area contributed by atoms with Crippen molar-refractivity contribution in [1.82, 2.24) is 24.8 Å². The second-order valence-corrected chi connectivity index (χ2v) is 8.64. The van der Waals surface area contributed by atoms with E-state index in [9.17, 15) is 4.39 Å². The van der Waals surface area contributed by atoms with Crippen molar-refractivity contribution >= 4 is 17.3 Å². The van der Waals surface area contributed by atoms with E-state index in [0.717, 1.165) is 33.9 Å². The predicted molar refractivity (Wildman–Crippen MR) is 130 cm³/mol. The molecule has 7 heteroatoms. The molecule has 0 amide bonds. The second-order valence-electron chi connectivity index (χ2n) is 8.25. The summed E-state index contributed by atoms with van der Waals surface area (Å²) in [6.45, 7) is 4.77. The number of hydrogen-bond donors (Lipinski definition) is 1. The lowest BCUT2D eigenvalue weighted by atomic mass is 9.96. The molecule has 1 aromatic carbocycles. The molecule has 33 heavy (non-hydrogen) atoms. The summed E-state index contributed by atoms with van der Waals surface area (Å²) in [5, 5.41) is 4.19. The van der Waals surface area contributed by atoms with Gasteiger partial charge in [-0.1, -0.05) is 12.1 Å². The fraction of sp³-hybridized carbons (Fsp3) is 0.192. The van der Waals surface area contributed by atoms with Gasteiger partial charge < -0.3 is 14.8 Å². The molecule has 166 valence electrons. The van der Waals surface area contributed by atoms with Crippen LogP contribution < -0.4 is 5.32 Å². The SMILES string of the molecule is Cc1cc(C2C(c3ccccn3)NC(=S)N2Cc2ccncc2)c(C)n1-c1cccc(F)c1. The number of nitrogens with one attached hydrogen (secondary N) is 1. The van der Waals surface area contributed by atoms with Gasteiger partial charge in [0.1, 0.15) is 5.82 Å². The van der Waals surface area contributed by atoms with Gasteiger partial charge in [-0.3, -0.25) is 9.97 Å². The maximum Gasteiger partial charge on any atom is 0.170 e. The summed E-state index contributed by atoms with van der Waals surface area (Å²) >= 11 is 5.80. The summed E-state index contributed by atoms with van der Waals surface area (Å²) < 4.78 is 16.1. The number of hydrogen-bond acceptors (Lipinski definition) is 3. The van der Waals surface area contributed by atoms with Crippen LogP contribution in [0.2, 0.25) is 0 Å². The van der Waals surface area contributed by atoms with Crippen molar-refractivity contribution in [2.75, 3.05) is 0 Å². The Balaban J connectivity index is 1.62. The highest BCUT2D eigenvalue weighted by Gasteiger charge is 2.41. The topological polar surface area (TPSA) is 46.0 Å². The lowest BCUT2D eigenvalue weighted by Crippen LogP contribution is -2.29. The standard InChI is InChI=1S/C26H24FN5S/c1-17-14-22(18(2)32(17)21-7-5-6-20(27)15-21)25-24(23-8-3-4-11-29-23)30-26(33)31(25)16-19-9-12-28-13-10-19/h3-15,24-25H,16H2,1-2H3,(H,30,33). The molecule has 1 saturated heterocycles. The Labute approximate surface area is 197 Å². The van der Waals surface area contributed by atoms with Gasteiger partial charge in [0.05, 0.1) is 17.8 Å². The second kappa shape index (κ2) is 8.75. The molecular formula is C26H24FN5S. The highest BCUT2D eigenvalue weighted by Crippen LogP contribution is 2.42. The van der Waals surface area contributed by atoms with Crippen molar-refractivity contribution in [3.8, 4) is 5.69 Å². The van der Waals surface area contributed by atoms with Crippen LogP contribution in [0, 0.1) is 19.7 Å². The molecule has 2 atom stereocenters. The molecule has 1 aliphatic heterocycles. The molecule has 0 spiro atoms. The fourth-order valence-corrected chi connectivity index (χ4v) is 5.00. The van der Waals surface area contributed by atoms with Crippen LogP contribution >= 0.6 is 12.2 Å². The van der Waals surface area contributed by atoms with Gasteiger partial charge in [0, 0.05) is 42.2 Å². The Kier molecular flexibility index (Phi) is 5.64. The Hall–Kier alpha value is -3.58. The smallest absolute Gasteiger partial charge is 0.170 e. The molecule has 0 saturated carbocycles. The van der Waals surface area contributed by atoms with E-state index < -0.39 is 0 Å². The number of rotatable bonds is 5. The Morgan fingerprint density at radius 2 is 1.82 bits per heavy atom. The molecule has 5 nitrogen and oxygen atoms in total. The van der Waals surface area contributed by atoms with Crippen LogP contribution in [0.4, 0.5) is 4.39 Å². The van der Waals surface area contributed by atoms with Crippen molar-refractivity contribution in [1.29, 1.82) is 0 Å². The first kappa shape index (κ1) is 21.3. The Morgan fingerprint density at radius 1 is 1.00 bits per heavy atom. The molecule has 5 rings (SSSR count). The minimum Gasteiger partial charge on any atom is -0.352 e. The van der Waals surface area contributed by atoms with Gasteiger partial charge >= 0.3 is 0 Å². The van der Waals surface area contributed by atoms with Crippen LogP contribution in [-0.4, -0.2) is 24.5 Å². The van der Waals surface area contributed by atoms with E-state index in [1.165, 1.54) is 6.07 Å². The summed E-state index contributed by atoms with van der Waals surface area (Å²) in [7, 11) is 0. The molecular weight excluding hydrogens is 433 g/mol. The zero-order chi connectivity index (χ0) is 22.9. The molecule has 4 heterocycles. The zero-order valence-corrected chi connectivity index (χ0v) is 19.3. The van der Waals surface area contributed by atoms with E-state index in [-0.39, 0.29) is 17.9 Å². The normalized spacial score (nSPS) is 17.9.